The Labute approximate surface area is 190 Å². The fraction of sp³-hybridized carbons (Fsp3) is 0.208. The van der Waals surface area contributed by atoms with Gasteiger partial charge in [-0.05, 0) is 41.8 Å². The lowest BCUT2D eigenvalue weighted by atomic mass is 9.87. The molecule has 0 radical (unpaired) electrons. The summed E-state index contributed by atoms with van der Waals surface area (Å²) >= 11 is 0. The van der Waals surface area contributed by atoms with Crippen molar-refractivity contribution in [3.63, 3.8) is 0 Å². The summed E-state index contributed by atoms with van der Waals surface area (Å²) in [5.41, 5.74) is 3.74. The second-order valence-corrected chi connectivity index (χ2v) is 10.2. The van der Waals surface area contributed by atoms with Crippen molar-refractivity contribution in [2.24, 2.45) is 13.0 Å². The molecule has 3 aromatic heterocycles. The van der Waals surface area contributed by atoms with Gasteiger partial charge in [-0.15, -0.1) is 0 Å². The molecule has 0 saturated carbocycles. The quantitative estimate of drug-likeness (QED) is 0.466. The van der Waals surface area contributed by atoms with Gasteiger partial charge < -0.3 is 4.74 Å². The Bertz CT molecular complexity index is 1580. The maximum absolute atomic E-state index is 13.5. The summed E-state index contributed by atoms with van der Waals surface area (Å²) in [7, 11) is -2.03. The van der Waals surface area contributed by atoms with Crippen LogP contribution in [-0.2, 0) is 21.8 Å². The Morgan fingerprint density at radius 3 is 2.64 bits per heavy atom. The van der Waals surface area contributed by atoms with E-state index >= 15 is 0 Å². The van der Waals surface area contributed by atoms with Gasteiger partial charge in [0.05, 0.1) is 35.3 Å². The number of hydrogen-bond donors (Lipinski definition) is 0. The molecule has 8 nitrogen and oxygen atoms in total. The Kier molecular flexibility index (Phi) is 4.30. The molecule has 6 rings (SSSR count). The van der Waals surface area contributed by atoms with Crippen LogP contribution in [0.5, 0.6) is 0 Å². The van der Waals surface area contributed by atoms with Gasteiger partial charge >= 0.3 is 0 Å². The molecular formula is C24H19N5O3S. The van der Waals surface area contributed by atoms with Crippen LogP contribution in [0, 0.1) is 17.2 Å². The normalized spacial score (nSPS) is 21.9. The van der Waals surface area contributed by atoms with Crippen LogP contribution in [0.1, 0.15) is 12.0 Å². The van der Waals surface area contributed by atoms with Crippen LogP contribution in [-0.4, -0.2) is 39.4 Å². The molecule has 1 saturated heterocycles. The minimum Gasteiger partial charge on any atom is -0.365 e. The van der Waals surface area contributed by atoms with Crippen molar-refractivity contribution in [2.75, 3.05) is 0 Å². The number of fused-ring (bicyclic) bond motifs is 3. The third kappa shape index (κ3) is 3.03. The van der Waals surface area contributed by atoms with Gasteiger partial charge in [0.1, 0.15) is 0 Å². The first-order valence-electron chi connectivity index (χ1n) is 10.5. The fourth-order valence-corrected chi connectivity index (χ4v) is 6.02. The van der Waals surface area contributed by atoms with E-state index in [2.05, 4.69) is 16.2 Å². The lowest BCUT2D eigenvalue weighted by Crippen LogP contribution is -2.13. The van der Waals surface area contributed by atoms with Gasteiger partial charge in [-0.3, -0.25) is 4.68 Å². The SMILES string of the molecule is Cn1cc(-c2cn(S(=O)(=O)c3ccccc3)c3ncc(C4=C[C@H]5O[C@@H]4C[C@@H]5C#N)cc23)cn1. The molecule has 1 aromatic carbocycles. The topological polar surface area (TPSA) is 103 Å². The summed E-state index contributed by atoms with van der Waals surface area (Å²) < 4.78 is 35.8. The number of rotatable bonds is 4. The van der Waals surface area contributed by atoms with Crippen molar-refractivity contribution >= 4 is 26.6 Å². The largest absolute Gasteiger partial charge is 0.365 e. The average molecular weight is 458 g/mol. The van der Waals surface area contributed by atoms with E-state index in [1.54, 1.807) is 53.6 Å². The Hall–Kier alpha value is -3.74. The number of hydrogen-bond acceptors (Lipinski definition) is 6. The first kappa shape index (κ1) is 19.9. The molecule has 0 N–H and O–H groups in total. The van der Waals surface area contributed by atoms with Crippen LogP contribution < -0.4 is 0 Å². The number of nitrogens with zero attached hydrogens (tertiary/aromatic N) is 5. The molecule has 0 amide bonds. The Morgan fingerprint density at radius 2 is 1.97 bits per heavy atom. The van der Waals surface area contributed by atoms with Gasteiger partial charge in [-0.2, -0.15) is 10.4 Å². The predicted molar refractivity (Wildman–Crippen MR) is 121 cm³/mol. The molecule has 3 atom stereocenters. The van der Waals surface area contributed by atoms with Gasteiger partial charge in [0.25, 0.3) is 10.0 Å². The molecule has 33 heavy (non-hydrogen) atoms. The standard InChI is InChI=1S/C24H19N5O3S/c1-28-13-17(12-27-28)21-14-29(33(30,31)18-5-3-2-4-6-18)24-20(21)7-16(11-26-24)19-9-22-15(10-25)8-23(19)32-22/h2-7,9,11-15,22-23H,8H2,1H3/t15-,22-,23-/m1/s1. The molecule has 1 fully saturated rings. The third-order valence-corrected chi connectivity index (χ3v) is 7.97. The smallest absolute Gasteiger partial charge is 0.269 e. The highest BCUT2D eigenvalue weighted by molar-refractivity contribution is 7.90. The van der Waals surface area contributed by atoms with Crippen LogP contribution >= 0.6 is 0 Å². The number of aryl methyl sites for hydroxylation is 1. The van der Waals surface area contributed by atoms with Gasteiger partial charge in [0.2, 0.25) is 0 Å². The maximum Gasteiger partial charge on any atom is 0.269 e. The van der Waals surface area contributed by atoms with Gasteiger partial charge in [0, 0.05) is 42.2 Å². The number of benzene rings is 1. The minimum absolute atomic E-state index is 0.126. The number of pyridine rings is 1. The lowest BCUT2D eigenvalue weighted by Gasteiger charge is -2.13. The average Bonchev–Trinajstić information content (AvgIpc) is 3.61. The number of ether oxygens (including phenoxy) is 1. The molecule has 0 spiro atoms. The van der Waals surface area contributed by atoms with Gasteiger partial charge in [-0.1, -0.05) is 18.2 Å². The molecule has 4 aromatic rings. The third-order valence-electron chi connectivity index (χ3n) is 6.30. The van der Waals surface area contributed by atoms with E-state index in [1.807, 2.05) is 25.4 Å². The zero-order valence-corrected chi connectivity index (χ0v) is 18.5. The molecule has 164 valence electrons. The zero-order valence-electron chi connectivity index (χ0n) is 17.7. The number of aromatic nitrogens is 4. The van der Waals surface area contributed by atoms with Crippen LogP contribution in [0.4, 0.5) is 0 Å². The first-order valence-corrected chi connectivity index (χ1v) is 12.0. The monoisotopic (exact) mass is 457 g/mol. The van der Waals surface area contributed by atoms with Gasteiger partial charge in [-0.25, -0.2) is 17.4 Å². The van der Waals surface area contributed by atoms with Crippen LogP contribution in [0.2, 0.25) is 0 Å². The van der Waals surface area contributed by atoms with Crippen molar-refractivity contribution in [1.82, 2.24) is 18.7 Å². The summed E-state index contributed by atoms with van der Waals surface area (Å²) in [6, 6.07) is 12.6. The highest BCUT2D eigenvalue weighted by Crippen LogP contribution is 2.43. The van der Waals surface area contributed by atoms with Crippen molar-refractivity contribution in [3.05, 3.63) is 72.8 Å². The summed E-state index contributed by atoms with van der Waals surface area (Å²) in [4.78, 5) is 4.78. The van der Waals surface area contributed by atoms with Crippen molar-refractivity contribution in [1.29, 1.82) is 5.26 Å². The predicted octanol–water partition coefficient (Wildman–Crippen LogP) is 3.37. The molecule has 5 heterocycles. The van der Waals surface area contributed by atoms with Gasteiger partial charge in [0.15, 0.2) is 5.65 Å². The summed E-state index contributed by atoms with van der Waals surface area (Å²) in [6.45, 7) is 0. The van der Waals surface area contributed by atoms with E-state index in [-0.39, 0.29) is 23.0 Å². The molecule has 9 heteroatoms. The highest BCUT2D eigenvalue weighted by Gasteiger charge is 2.42. The van der Waals surface area contributed by atoms with E-state index in [4.69, 9.17) is 4.74 Å². The van der Waals surface area contributed by atoms with E-state index in [9.17, 15) is 13.7 Å². The lowest BCUT2D eigenvalue weighted by molar-refractivity contribution is 0.117. The fourth-order valence-electron chi connectivity index (χ4n) is 4.67. The van der Waals surface area contributed by atoms with Crippen LogP contribution in [0.3, 0.4) is 0 Å². The Morgan fingerprint density at radius 1 is 1.15 bits per heavy atom. The van der Waals surface area contributed by atoms with E-state index in [1.165, 1.54) is 3.97 Å². The van der Waals surface area contributed by atoms with E-state index < -0.39 is 10.0 Å². The summed E-state index contributed by atoms with van der Waals surface area (Å²) in [6.07, 6.45) is 9.15. The maximum atomic E-state index is 13.5. The van der Waals surface area contributed by atoms with E-state index in [0.717, 1.165) is 22.3 Å². The van der Waals surface area contributed by atoms with Crippen molar-refractivity contribution < 1.29 is 13.2 Å². The zero-order chi connectivity index (χ0) is 22.7. The number of nitriles is 1. The highest BCUT2D eigenvalue weighted by atomic mass is 32.2. The molecule has 2 aliphatic heterocycles. The van der Waals surface area contributed by atoms with Crippen molar-refractivity contribution in [3.8, 4) is 17.2 Å². The minimum atomic E-state index is -3.85. The first-order chi connectivity index (χ1) is 16.0. The van der Waals surface area contributed by atoms with E-state index in [0.29, 0.717) is 17.5 Å². The summed E-state index contributed by atoms with van der Waals surface area (Å²) in [5, 5.41) is 14.2. The molecule has 0 aliphatic carbocycles. The van der Waals surface area contributed by atoms with Crippen molar-refractivity contribution in [2.45, 2.75) is 23.5 Å². The summed E-state index contributed by atoms with van der Waals surface area (Å²) in [5.74, 6) is -0.126. The second kappa shape index (κ2) is 7.13. The second-order valence-electron chi connectivity index (χ2n) is 8.34. The molecule has 2 aliphatic rings. The molecule has 2 bridgehead atoms. The van der Waals surface area contributed by atoms with Crippen LogP contribution in [0.25, 0.3) is 27.7 Å². The Balaban J connectivity index is 1.55. The molecule has 0 unspecified atom stereocenters. The van der Waals surface area contributed by atoms with Crippen LogP contribution in [0.15, 0.2) is 72.2 Å². The molecular weight excluding hydrogens is 438 g/mol.